The second-order valence-corrected chi connectivity index (χ2v) is 5.15. The number of furan rings is 1. The average Bonchev–Trinajstić information content (AvgIpc) is 2.83. The van der Waals surface area contributed by atoms with E-state index in [2.05, 4.69) is 11.0 Å². The zero-order valence-electron chi connectivity index (χ0n) is 10.3. The molecular formula is C13H20N2O2. The summed E-state index contributed by atoms with van der Waals surface area (Å²) in [6, 6.07) is 2.09. The van der Waals surface area contributed by atoms with E-state index >= 15 is 0 Å². The molecule has 0 spiro atoms. The van der Waals surface area contributed by atoms with Gasteiger partial charge in [-0.2, -0.15) is 0 Å². The smallest absolute Gasteiger partial charge is 0.118 e. The fourth-order valence-corrected chi connectivity index (χ4v) is 2.91. The Labute approximate surface area is 102 Å². The summed E-state index contributed by atoms with van der Waals surface area (Å²) in [5.41, 5.74) is 6.86. The van der Waals surface area contributed by atoms with Crippen LogP contribution in [0.15, 0.2) is 10.5 Å². The van der Waals surface area contributed by atoms with Crippen molar-refractivity contribution in [2.24, 2.45) is 5.73 Å². The molecule has 2 bridgehead atoms. The normalized spacial score (nSPS) is 28.8. The Balaban J connectivity index is 1.68. The van der Waals surface area contributed by atoms with Crippen molar-refractivity contribution in [3.05, 3.63) is 23.2 Å². The first-order valence-corrected chi connectivity index (χ1v) is 6.40. The van der Waals surface area contributed by atoms with Crippen molar-refractivity contribution in [1.29, 1.82) is 0 Å². The minimum absolute atomic E-state index is 0.454. The molecule has 1 aromatic rings. The first kappa shape index (κ1) is 11.3. The van der Waals surface area contributed by atoms with E-state index in [0.29, 0.717) is 18.8 Å². The molecule has 2 saturated heterocycles. The van der Waals surface area contributed by atoms with Crippen molar-refractivity contribution >= 4 is 0 Å². The van der Waals surface area contributed by atoms with Crippen LogP contribution in [0.5, 0.6) is 0 Å². The van der Waals surface area contributed by atoms with Crippen LogP contribution < -0.4 is 5.73 Å². The van der Waals surface area contributed by atoms with E-state index in [1.807, 2.05) is 6.92 Å². The maximum Gasteiger partial charge on any atom is 0.118 e. The van der Waals surface area contributed by atoms with Gasteiger partial charge in [-0.1, -0.05) is 0 Å². The Morgan fingerprint density at radius 1 is 1.35 bits per heavy atom. The van der Waals surface area contributed by atoms with Gasteiger partial charge in [0.1, 0.15) is 11.5 Å². The molecule has 4 heteroatoms. The summed E-state index contributed by atoms with van der Waals surface area (Å²) in [5.74, 6) is 1.89. The number of rotatable bonds is 3. The lowest BCUT2D eigenvalue weighted by Gasteiger charge is -2.31. The fourth-order valence-electron chi connectivity index (χ4n) is 2.91. The summed E-state index contributed by atoms with van der Waals surface area (Å²) < 4.78 is 11.4. The molecule has 2 unspecified atom stereocenters. The zero-order valence-corrected chi connectivity index (χ0v) is 10.3. The topological polar surface area (TPSA) is 51.6 Å². The molecule has 17 heavy (non-hydrogen) atoms. The third-order valence-electron chi connectivity index (χ3n) is 3.79. The lowest BCUT2D eigenvalue weighted by molar-refractivity contribution is -0.0411. The summed E-state index contributed by atoms with van der Waals surface area (Å²) in [4.78, 5) is 2.48. The van der Waals surface area contributed by atoms with E-state index in [0.717, 1.165) is 31.2 Å². The monoisotopic (exact) mass is 236 g/mol. The van der Waals surface area contributed by atoms with Crippen molar-refractivity contribution in [3.8, 4) is 0 Å². The molecule has 3 rings (SSSR count). The van der Waals surface area contributed by atoms with Crippen molar-refractivity contribution in [1.82, 2.24) is 4.90 Å². The minimum atomic E-state index is 0.454. The fraction of sp³-hybridized carbons (Fsp3) is 0.692. The summed E-state index contributed by atoms with van der Waals surface area (Å²) in [6.07, 6.45) is 3.35. The Morgan fingerprint density at radius 2 is 2.06 bits per heavy atom. The van der Waals surface area contributed by atoms with Crippen molar-refractivity contribution in [2.45, 2.75) is 45.1 Å². The van der Waals surface area contributed by atoms with Gasteiger partial charge < -0.3 is 14.9 Å². The first-order chi connectivity index (χ1) is 8.24. The second-order valence-electron chi connectivity index (χ2n) is 5.15. The van der Waals surface area contributed by atoms with Crippen molar-refractivity contribution in [2.75, 3.05) is 13.1 Å². The van der Waals surface area contributed by atoms with Crippen LogP contribution in [0, 0.1) is 6.92 Å². The lowest BCUT2D eigenvalue weighted by atomic mass is 10.2. The van der Waals surface area contributed by atoms with Crippen LogP contribution in [0.4, 0.5) is 0 Å². The minimum Gasteiger partial charge on any atom is -0.465 e. The van der Waals surface area contributed by atoms with Crippen LogP contribution in [0.25, 0.3) is 0 Å². The van der Waals surface area contributed by atoms with E-state index in [-0.39, 0.29) is 0 Å². The molecular weight excluding hydrogens is 216 g/mol. The molecule has 94 valence electrons. The number of nitrogens with two attached hydrogens (primary N) is 1. The van der Waals surface area contributed by atoms with E-state index in [9.17, 15) is 0 Å². The van der Waals surface area contributed by atoms with Gasteiger partial charge in [0.05, 0.1) is 18.8 Å². The molecule has 2 aliphatic heterocycles. The number of aryl methyl sites for hydroxylation is 1. The van der Waals surface area contributed by atoms with Gasteiger partial charge in [-0.05, 0) is 25.8 Å². The van der Waals surface area contributed by atoms with Crippen LogP contribution in [0.2, 0.25) is 0 Å². The highest BCUT2D eigenvalue weighted by molar-refractivity contribution is 5.20. The molecule has 4 nitrogen and oxygen atoms in total. The molecule has 0 aromatic carbocycles. The van der Waals surface area contributed by atoms with E-state index in [1.54, 1.807) is 0 Å². The van der Waals surface area contributed by atoms with Crippen molar-refractivity contribution in [3.63, 3.8) is 0 Å². The van der Waals surface area contributed by atoms with E-state index in [1.165, 1.54) is 18.4 Å². The Kier molecular flexibility index (Phi) is 2.94. The van der Waals surface area contributed by atoms with Gasteiger partial charge in [-0.3, -0.25) is 4.90 Å². The van der Waals surface area contributed by atoms with Gasteiger partial charge in [-0.25, -0.2) is 0 Å². The number of hydrogen-bond donors (Lipinski definition) is 1. The van der Waals surface area contributed by atoms with Gasteiger partial charge in [0.25, 0.3) is 0 Å². The molecule has 0 saturated carbocycles. The SMILES string of the molecule is Cc1oc(CN)cc1CN1CC2CCC(C1)O2. The maximum atomic E-state index is 5.84. The summed E-state index contributed by atoms with van der Waals surface area (Å²) in [5, 5.41) is 0. The number of ether oxygens (including phenoxy) is 1. The average molecular weight is 236 g/mol. The number of fused-ring (bicyclic) bond motifs is 2. The number of hydrogen-bond acceptors (Lipinski definition) is 4. The predicted octanol–water partition coefficient (Wildman–Crippen LogP) is 1.41. The zero-order chi connectivity index (χ0) is 11.8. The second kappa shape index (κ2) is 4.44. The number of nitrogens with zero attached hydrogens (tertiary/aromatic N) is 1. The Morgan fingerprint density at radius 3 is 2.65 bits per heavy atom. The van der Waals surface area contributed by atoms with Crippen molar-refractivity contribution < 1.29 is 9.15 Å². The van der Waals surface area contributed by atoms with Gasteiger partial charge in [0.15, 0.2) is 0 Å². The third kappa shape index (κ3) is 2.25. The van der Waals surface area contributed by atoms with E-state index in [4.69, 9.17) is 14.9 Å². The quantitative estimate of drug-likeness (QED) is 0.862. The molecule has 3 heterocycles. The molecule has 0 amide bonds. The van der Waals surface area contributed by atoms with Gasteiger partial charge in [-0.15, -0.1) is 0 Å². The van der Waals surface area contributed by atoms with E-state index < -0.39 is 0 Å². The maximum absolute atomic E-state index is 5.84. The van der Waals surface area contributed by atoms with Crippen LogP contribution >= 0.6 is 0 Å². The third-order valence-corrected chi connectivity index (χ3v) is 3.79. The van der Waals surface area contributed by atoms with Gasteiger partial charge in [0, 0.05) is 25.2 Å². The number of morpholine rings is 1. The first-order valence-electron chi connectivity index (χ1n) is 6.40. The summed E-state index contributed by atoms with van der Waals surface area (Å²) >= 11 is 0. The standard InChI is InChI=1S/C13H20N2O2/c1-9-10(4-13(5-14)16-9)6-15-7-11-2-3-12(8-15)17-11/h4,11-12H,2-3,5-8,14H2,1H3. The van der Waals surface area contributed by atoms with Crippen LogP contribution in [-0.2, 0) is 17.8 Å². The Bertz CT molecular complexity index is 390. The molecule has 0 aliphatic carbocycles. The lowest BCUT2D eigenvalue weighted by Crippen LogP contribution is -2.42. The Hall–Kier alpha value is -0.840. The highest BCUT2D eigenvalue weighted by Crippen LogP contribution is 2.28. The molecule has 0 radical (unpaired) electrons. The molecule has 2 aliphatic rings. The molecule has 2 fully saturated rings. The summed E-state index contributed by atoms with van der Waals surface area (Å²) in [7, 11) is 0. The van der Waals surface area contributed by atoms with Gasteiger partial charge >= 0.3 is 0 Å². The molecule has 2 atom stereocenters. The predicted molar refractivity (Wildman–Crippen MR) is 64.5 cm³/mol. The number of likely N-dealkylation sites (tertiary alicyclic amines) is 1. The molecule has 2 N–H and O–H groups in total. The highest BCUT2D eigenvalue weighted by atomic mass is 16.5. The van der Waals surface area contributed by atoms with Gasteiger partial charge in [0.2, 0.25) is 0 Å². The van der Waals surface area contributed by atoms with Crippen LogP contribution in [0.1, 0.15) is 29.9 Å². The largest absolute Gasteiger partial charge is 0.465 e. The summed E-state index contributed by atoms with van der Waals surface area (Å²) in [6.45, 7) is 5.57. The molecule has 1 aromatic heterocycles. The van der Waals surface area contributed by atoms with Crippen LogP contribution in [0.3, 0.4) is 0 Å². The van der Waals surface area contributed by atoms with Crippen LogP contribution in [-0.4, -0.2) is 30.2 Å². The highest BCUT2D eigenvalue weighted by Gasteiger charge is 2.33.